The predicted molar refractivity (Wildman–Crippen MR) is 107 cm³/mol. The normalized spacial score (nSPS) is 24.2. The zero-order valence-corrected chi connectivity index (χ0v) is 17.5. The lowest BCUT2D eigenvalue weighted by Crippen LogP contribution is -2.49. The van der Waals surface area contributed by atoms with Gasteiger partial charge in [-0.1, -0.05) is 0 Å². The summed E-state index contributed by atoms with van der Waals surface area (Å²) in [5.74, 6) is -3.82. The van der Waals surface area contributed by atoms with E-state index in [1.54, 1.807) is 17.3 Å². The van der Waals surface area contributed by atoms with E-state index in [4.69, 9.17) is 5.11 Å². The number of hydrogen-bond donors (Lipinski definition) is 1. The Morgan fingerprint density at radius 2 is 1.69 bits per heavy atom. The summed E-state index contributed by atoms with van der Waals surface area (Å²) in [6.45, 7) is 2.52. The average molecular weight is 457 g/mol. The van der Waals surface area contributed by atoms with Crippen LogP contribution in [0.4, 0.5) is 18.9 Å². The molecule has 1 aromatic heterocycles. The van der Waals surface area contributed by atoms with Gasteiger partial charge in [-0.15, -0.1) is 0 Å². The Balaban J connectivity index is 1.50. The second-order valence-electron chi connectivity index (χ2n) is 8.36. The molecule has 0 atom stereocenters. The number of carboxylic acid groups (broad SMARTS) is 1. The van der Waals surface area contributed by atoms with Crippen LogP contribution in [0.3, 0.4) is 0 Å². The first kappa shape index (κ1) is 23.8. The van der Waals surface area contributed by atoms with Crippen LogP contribution in [0.1, 0.15) is 38.5 Å². The number of carboxylic acids is 1. The summed E-state index contributed by atoms with van der Waals surface area (Å²) >= 11 is 0. The summed E-state index contributed by atoms with van der Waals surface area (Å²) in [4.78, 5) is 43.1. The largest absolute Gasteiger partial charge is 0.490 e. The molecule has 0 bridgehead atoms. The van der Waals surface area contributed by atoms with Crippen molar-refractivity contribution in [2.24, 2.45) is 5.92 Å². The predicted octanol–water partition coefficient (Wildman–Crippen LogP) is 2.63. The molecule has 8 nitrogen and oxygen atoms in total. The number of amides is 1. The molecule has 1 saturated carbocycles. The minimum absolute atomic E-state index is 0.0190. The molecule has 1 aliphatic heterocycles. The lowest BCUT2D eigenvalue weighted by atomic mass is 9.75. The number of hydrogen-bond acceptors (Lipinski definition) is 6. The average Bonchev–Trinajstić information content (AvgIpc) is 2.75. The molecular weight excluding hydrogens is 431 g/mol. The second-order valence-corrected chi connectivity index (χ2v) is 8.36. The number of piperazine rings is 1. The van der Waals surface area contributed by atoms with Gasteiger partial charge in [0.15, 0.2) is 0 Å². The summed E-state index contributed by atoms with van der Waals surface area (Å²) < 4.78 is 42.5. The highest BCUT2D eigenvalue weighted by atomic mass is 19.4. The molecule has 1 amide bonds. The molecule has 0 unspecified atom stereocenters. The van der Waals surface area contributed by atoms with Crippen LogP contribution >= 0.6 is 0 Å². The van der Waals surface area contributed by atoms with Gasteiger partial charge in [0.05, 0.1) is 6.42 Å². The molecule has 32 heavy (non-hydrogen) atoms. The van der Waals surface area contributed by atoms with Gasteiger partial charge in [-0.05, 0) is 43.7 Å². The molecule has 3 rings (SSSR count). The molecule has 1 N–H and O–H groups in total. The van der Waals surface area contributed by atoms with Crippen molar-refractivity contribution in [3.05, 3.63) is 24.5 Å². The van der Waals surface area contributed by atoms with Crippen LogP contribution in [-0.2, 0) is 19.1 Å². The molecule has 0 aromatic carbocycles. The van der Waals surface area contributed by atoms with Crippen molar-refractivity contribution in [3.8, 4) is 0 Å². The van der Waals surface area contributed by atoms with Crippen LogP contribution < -0.4 is 4.90 Å². The number of rotatable bonds is 6. The molecule has 11 heteroatoms. The summed E-state index contributed by atoms with van der Waals surface area (Å²) in [7, 11) is 0. The van der Waals surface area contributed by atoms with Crippen molar-refractivity contribution < 1.29 is 37.4 Å². The lowest BCUT2D eigenvalue weighted by molar-refractivity contribution is -0.218. The SMILES string of the molecule is O=C(O)CC1(OC(=O)C(F)(F)F)CCC(CC(=O)N2CCN(c3ccncc3)CC2)CC1. The van der Waals surface area contributed by atoms with E-state index in [9.17, 15) is 27.6 Å². The first-order chi connectivity index (χ1) is 15.1. The number of carbonyl (C=O) groups is 3. The fraction of sp³-hybridized carbons (Fsp3) is 0.619. The summed E-state index contributed by atoms with van der Waals surface area (Å²) in [5, 5.41) is 9.09. The van der Waals surface area contributed by atoms with Crippen LogP contribution in [0.15, 0.2) is 24.5 Å². The summed E-state index contributed by atoms with van der Waals surface area (Å²) in [6.07, 6.45) is -1.60. The Hall–Kier alpha value is -2.85. The van der Waals surface area contributed by atoms with Gasteiger partial charge in [0.1, 0.15) is 5.60 Å². The van der Waals surface area contributed by atoms with E-state index >= 15 is 0 Å². The van der Waals surface area contributed by atoms with Crippen molar-refractivity contribution in [1.82, 2.24) is 9.88 Å². The van der Waals surface area contributed by atoms with E-state index in [1.165, 1.54) is 0 Å². The standard InChI is InChI=1S/C21H26F3N3O5/c22-21(23,24)19(31)32-20(14-18(29)30)5-1-15(2-6-20)13-17(28)27-11-9-26(10-12-27)16-3-7-25-8-4-16/h3-4,7-8,15H,1-2,5-6,9-14H2,(H,29,30). The summed E-state index contributed by atoms with van der Waals surface area (Å²) in [6, 6.07) is 3.82. The maximum atomic E-state index is 12.7. The molecule has 1 saturated heterocycles. The molecule has 0 radical (unpaired) electrons. The smallest absolute Gasteiger partial charge is 0.481 e. The number of pyridine rings is 1. The van der Waals surface area contributed by atoms with Crippen LogP contribution in [-0.4, -0.2) is 70.8 Å². The number of nitrogens with zero attached hydrogens (tertiary/aromatic N) is 3. The third-order valence-electron chi connectivity index (χ3n) is 6.15. The fourth-order valence-electron chi connectivity index (χ4n) is 4.40. The Kier molecular flexibility index (Phi) is 7.25. The first-order valence-corrected chi connectivity index (χ1v) is 10.5. The minimum atomic E-state index is -5.18. The van der Waals surface area contributed by atoms with Gasteiger partial charge in [0.25, 0.3) is 0 Å². The number of alkyl halides is 3. The lowest BCUT2D eigenvalue weighted by Gasteiger charge is -2.40. The topological polar surface area (TPSA) is 100 Å². The van der Waals surface area contributed by atoms with Gasteiger partial charge in [0, 0.05) is 50.7 Å². The van der Waals surface area contributed by atoms with Crippen LogP contribution in [0.5, 0.6) is 0 Å². The first-order valence-electron chi connectivity index (χ1n) is 10.5. The molecule has 1 aromatic rings. The maximum absolute atomic E-state index is 12.7. The highest BCUT2D eigenvalue weighted by Crippen LogP contribution is 2.40. The third kappa shape index (κ3) is 6.10. The third-order valence-corrected chi connectivity index (χ3v) is 6.15. The molecule has 1 aliphatic carbocycles. The Bertz CT molecular complexity index is 818. The molecule has 2 heterocycles. The molecule has 176 valence electrons. The number of aromatic nitrogens is 1. The molecule has 2 aliphatic rings. The molecule has 2 fully saturated rings. The van der Waals surface area contributed by atoms with E-state index in [1.807, 2.05) is 12.1 Å². The van der Waals surface area contributed by atoms with Gasteiger partial charge < -0.3 is 19.6 Å². The highest BCUT2D eigenvalue weighted by molar-refractivity contribution is 5.78. The number of esters is 1. The number of anilines is 1. The zero-order valence-electron chi connectivity index (χ0n) is 17.5. The van der Waals surface area contributed by atoms with E-state index < -0.39 is 30.1 Å². The van der Waals surface area contributed by atoms with Gasteiger partial charge in [0.2, 0.25) is 5.91 Å². The van der Waals surface area contributed by atoms with Crippen molar-refractivity contribution in [2.75, 3.05) is 31.1 Å². The Morgan fingerprint density at radius 3 is 2.22 bits per heavy atom. The van der Waals surface area contributed by atoms with Gasteiger partial charge in [-0.25, -0.2) is 4.79 Å². The summed E-state index contributed by atoms with van der Waals surface area (Å²) in [5.41, 5.74) is -0.642. The number of halogens is 3. The van der Waals surface area contributed by atoms with Gasteiger partial charge in [-0.2, -0.15) is 13.2 Å². The Morgan fingerprint density at radius 1 is 1.09 bits per heavy atom. The number of ether oxygens (including phenoxy) is 1. The number of carbonyl (C=O) groups excluding carboxylic acids is 2. The van der Waals surface area contributed by atoms with Crippen molar-refractivity contribution in [3.63, 3.8) is 0 Å². The van der Waals surface area contributed by atoms with Crippen LogP contribution in [0.25, 0.3) is 0 Å². The van der Waals surface area contributed by atoms with Crippen molar-refractivity contribution in [2.45, 2.75) is 50.3 Å². The Labute approximate surface area is 183 Å². The molecular formula is C21H26F3N3O5. The van der Waals surface area contributed by atoms with E-state index in [2.05, 4.69) is 14.6 Å². The van der Waals surface area contributed by atoms with Crippen molar-refractivity contribution >= 4 is 23.5 Å². The van der Waals surface area contributed by atoms with Crippen LogP contribution in [0, 0.1) is 5.92 Å². The van der Waals surface area contributed by atoms with E-state index in [0.29, 0.717) is 39.0 Å². The van der Waals surface area contributed by atoms with Crippen LogP contribution in [0.2, 0.25) is 0 Å². The van der Waals surface area contributed by atoms with E-state index in [-0.39, 0.29) is 31.1 Å². The minimum Gasteiger partial charge on any atom is -0.481 e. The molecule has 0 spiro atoms. The van der Waals surface area contributed by atoms with E-state index in [0.717, 1.165) is 5.69 Å². The monoisotopic (exact) mass is 457 g/mol. The zero-order chi connectivity index (χ0) is 23.4. The fourth-order valence-corrected chi connectivity index (χ4v) is 4.40. The van der Waals surface area contributed by atoms with Gasteiger partial charge in [-0.3, -0.25) is 14.6 Å². The second kappa shape index (κ2) is 9.74. The quantitative estimate of drug-likeness (QED) is 0.656. The highest BCUT2D eigenvalue weighted by Gasteiger charge is 2.48. The van der Waals surface area contributed by atoms with Crippen molar-refractivity contribution in [1.29, 1.82) is 0 Å². The maximum Gasteiger partial charge on any atom is 0.490 e. The van der Waals surface area contributed by atoms with Gasteiger partial charge >= 0.3 is 18.1 Å². The number of aliphatic carboxylic acids is 1.